The molecule has 0 saturated carbocycles. The average Bonchev–Trinajstić information content (AvgIpc) is 3.24. The maximum atomic E-state index is 13.2. The third kappa shape index (κ3) is 3.30. The number of nitrogens with zero attached hydrogens (tertiary/aromatic N) is 4. The Morgan fingerprint density at radius 1 is 1.07 bits per heavy atom. The summed E-state index contributed by atoms with van der Waals surface area (Å²) in [6.07, 6.45) is 5.93. The lowest BCUT2D eigenvalue weighted by Gasteiger charge is -2.43. The Balaban J connectivity index is 1.44. The predicted molar refractivity (Wildman–Crippen MR) is 115 cm³/mol. The van der Waals surface area contributed by atoms with E-state index in [1.54, 1.807) is 0 Å². The van der Waals surface area contributed by atoms with Crippen molar-refractivity contribution in [3.8, 4) is 0 Å². The summed E-state index contributed by atoms with van der Waals surface area (Å²) in [5, 5.41) is 0. The van der Waals surface area contributed by atoms with Gasteiger partial charge in [0.05, 0.1) is 18.9 Å². The number of pyridine rings is 1. The molecule has 6 heteroatoms. The van der Waals surface area contributed by atoms with Crippen LogP contribution in [0.2, 0.25) is 0 Å². The average molecular weight is 405 g/mol. The van der Waals surface area contributed by atoms with Crippen molar-refractivity contribution in [3.63, 3.8) is 0 Å². The van der Waals surface area contributed by atoms with Gasteiger partial charge in [0, 0.05) is 37.4 Å². The molecule has 30 heavy (non-hydrogen) atoms. The van der Waals surface area contributed by atoms with Crippen LogP contribution in [0.1, 0.15) is 24.1 Å². The standard InChI is InChI=1S/C24H28N4O2/c1-26-15-16-30-18-20(26)23(29)27-13-10-24(11-14-27,19-7-3-2-4-8-19)21-17-28-12-6-5-9-22(28)25-21/h2-9,12,17,20H,10-11,13-16,18H2,1H3/t20-/m0/s1. The van der Waals surface area contributed by atoms with E-state index in [1.807, 2.05) is 36.3 Å². The molecule has 6 nitrogen and oxygen atoms in total. The van der Waals surface area contributed by atoms with E-state index in [0.717, 1.165) is 43.8 Å². The van der Waals surface area contributed by atoms with Crippen LogP contribution in [0.3, 0.4) is 0 Å². The lowest BCUT2D eigenvalue weighted by atomic mass is 9.70. The zero-order valence-corrected chi connectivity index (χ0v) is 17.4. The second-order valence-corrected chi connectivity index (χ2v) is 8.44. The van der Waals surface area contributed by atoms with Crippen LogP contribution >= 0.6 is 0 Å². The number of imidazole rings is 1. The quantitative estimate of drug-likeness (QED) is 0.673. The summed E-state index contributed by atoms with van der Waals surface area (Å²) in [6.45, 7) is 3.45. The van der Waals surface area contributed by atoms with E-state index in [9.17, 15) is 4.79 Å². The van der Waals surface area contributed by atoms with Gasteiger partial charge in [0.25, 0.3) is 0 Å². The topological polar surface area (TPSA) is 50.1 Å². The molecule has 0 bridgehead atoms. The van der Waals surface area contributed by atoms with Crippen LogP contribution < -0.4 is 0 Å². The number of benzene rings is 1. The summed E-state index contributed by atoms with van der Waals surface area (Å²) in [5.41, 5.74) is 3.14. The Bertz CT molecular complexity index is 991. The zero-order chi connectivity index (χ0) is 20.6. The van der Waals surface area contributed by atoms with Gasteiger partial charge in [-0.2, -0.15) is 0 Å². The Morgan fingerprint density at radius 3 is 2.57 bits per heavy atom. The lowest BCUT2D eigenvalue weighted by molar-refractivity contribution is -0.143. The molecule has 0 N–H and O–H groups in total. The number of likely N-dealkylation sites (tertiary alicyclic amines) is 1. The van der Waals surface area contributed by atoms with Gasteiger partial charge in [-0.25, -0.2) is 4.98 Å². The van der Waals surface area contributed by atoms with E-state index in [-0.39, 0.29) is 17.4 Å². The molecule has 2 aliphatic rings. The molecule has 2 saturated heterocycles. The normalized spacial score (nSPS) is 22.3. The number of morpholine rings is 1. The number of amides is 1. The molecule has 5 rings (SSSR count). The summed E-state index contributed by atoms with van der Waals surface area (Å²) >= 11 is 0. The molecule has 0 aliphatic carbocycles. The third-order valence-electron chi connectivity index (χ3n) is 6.79. The van der Waals surface area contributed by atoms with Crippen molar-refractivity contribution in [3.05, 3.63) is 72.2 Å². The van der Waals surface area contributed by atoms with Gasteiger partial charge in [-0.05, 0) is 37.6 Å². The van der Waals surface area contributed by atoms with E-state index in [4.69, 9.17) is 9.72 Å². The highest BCUT2D eigenvalue weighted by atomic mass is 16.5. The zero-order valence-electron chi connectivity index (χ0n) is 17.4. The largest absolute Gasteiger partial charge is 0.378 e. The number of hydrogen-bond donors (Lipinski definition) is 0. The molecule has 0 spiro atoms. The molecule has 156 valence electrons. The molecule has 2 aromatic heterocycles. The highest BCUT2D eigenvalue weighted by Gasteiger charge is 2.42. The molecule has 0 unspecified atom stereocenters. The third-order valence-corrected chi connectivity index (χ3v) is 6.79. The van der Waals surface area contributed by atoms with Crippen molar-refractivity contribution in [2.75, 3.05) is 39.9 Å². The summed E-state index contributed by atoms with van der Waals surface area (Å²) in [5.74, 6) is 0.189. The molecular formula is C24H28N4O2. The summed E-state index contributed by atoms with van der Waals surface area (Å²) < 4.78 is 7.66. The summed E-state index contributed by atoms with van der Waals surface area (Å²) in [7, 11) is 2.01. The Morgan fingerprint density at radius 2 is 1.83 bits per heavy atom. The van der Waals surface area contributed by atoms with Gasteiger partial charge in [-0.15, -0.1) is 0 Å². The first-order valence-electron chi connectivity index (χ1n) is 10.7. The molecule has 4 heterocycles. The van der Waals surface area contributed by atoms with Gasteiger partial charge in [-0.3, -0.25) is 9.69 Å². The minimum atomic E-state index is -0.182. The van der Waals surface area contributed by atoms with Crippen molar-refractivity contribution in [1.82, 2.24) is 19.2 Å². The number of carbonyl (C=O) groups excluding carboxylic acids is 1. The van der Waals surface area contributed by atoms with Crippen LogP contribution in [0, 0.1) is 0 Å². The van der Waals surface area contributed by atoms with E-state index in [2.05, 4.69) is 45.8 Å². The SMILES string of the molecule is CN1CCOC[C@H]1C(=O)N1CCC(c2ccccc2)(c2cn3ccccc3n2)CC1. The van der Waals surface area contributed by atoms with Gasteiger partial charge in [0.1, 0.15) is 11.7 Å². The molecule has 3 aromatic rings. The predicted octanol–water partition coefficient (Wildman–Crippen LogP) is 2.57. The van der Waals surface area contributed by atoms with Gasteiger partial charge < -0.3 is 14.0 Å². The number of carbonyl (C=O) groups is 1. The minimum absolute atomic E-state index is 0.168. The van der Waals surface area contributed by atoms with Crippen LogP contribution in [0.4, 0.5) is 0 Å². The number of likely N-dealkylation sites (N-methyl/N-ethyl adjacent to an activating group) is 1. The fourth-order valence-corrected chi connectivity index (χ4v) is 4.88. The Labute approximate surface area is 177 Å². The number of piperidine rings is 1. The number of hydrogen-bond acceptors (Lipinski definition) is 4. The fourth-order valence-electron chi connectivity index (χ4n) is 4.88. The summed E-state index contributed by atoms with van der Waals surface area (Å²) in [6, 6.07) is 16.6. The summed E-state index contributed by atoms with van der Waals surface area (Å²) in [4.78, 5) is 22.3. The first kappa shape index (κ1) is 19.3. The van der Waals surface area contributed by atoms with Crippen LogP contribution in [0.5, 0.6) is 0 Å². The minimum Gasteiger partial charge on any atom is -0.378 e. The monoisotopic (exact) mass is 404 g/mol. The molecule has 0 radical (unpaired) electrons. The van der Waals surface area contributed by atoms with E-state index >= 15 is 0 Å². The second-order valence-electron chi connectivity index (χ2n) is 8.44. The molecular weight excluding hydrogens is 376 g/mol. The highest BCUT2D eigenvalue weighted by Crippen LogP contribution is 2.41. The van der Waals surface area contributed by atoms with Crippen molar-refractivity contribution in [1.29, 1.82) is 0 Å². The van der Waals surface area contributed by atoms with Gasteiger partial charge in [0.2, 0.25) is 5.91 Å². The van der Waals surface area contributed by atoms with Crippen LogP contribution in [-0.2, 0) is 14.9 Å². The number of rotatable bonds is 3. The van der Waals surface area contributed by atoms with Crippen LogP contribution in [0.25, 0.3) is 5.65 Å². The second kappa shape index (κ2) is 7.85. The Kier molecular flexibility index (Phi) is 5.05. The number of aromatic nitrogens is 2. The van der Waals surface area contributed by atoms with Crippen molar-refractivity contribution >= 4 is 11.6 Å². The smallest absolute Gasteiger partial charge is 0.242 e. The van der Waals surface area contributed by atoms with Crippen molar-refractivity contribution in [2.24, 2.45) is 0 Å². The van der Waals surface area contributed by atoms with Crippen molar-refractivity contribution in [2.45, 2.75) is 24.3 Å². The van der Waals surface area contributed by atoms with Crippen molar-refractivity contribution < 1.29 is 9.53 Å². The van der Waals surface area contributed by atoms with Gasteiger partial charge >= 0.3 is 0 Å². The highest BCUT2D eigenvalue weighted by molar-refractivity contribution is 5.82. The van der Waals surface area contributed by atoms with Gasteiger partial charge in [0.15, 0.2) is 0 Å². The molecule has 1 aromatic carbocycles. The first-order chi connectivity index (χ1) is 14.7. The number of ether oxygens (including phenoxy) is 1. The molecule has 1 amide bonds. The fraction of sp³-hybridized carbons (Fsp3) is 0.417. The van der Waals surface area contributed by atoms with E-state index < -0.39 is 0 Å². The number of fused-ring (bicyclic) bond motifs is 1. The molecule has 2 aliphatic heterocycles. The maximum absolute atomic E-state index is 13.2. The van der Waals surface area contributed by atoms with E-state index in [0.29, 0.717) is 13.2 Å². The first-order valence-corrected chi connectivity index (χ1v) is 10.7. The van der Waals surface area contributed by atoms with Gasteiger partial charge in [-0.1, -0.05) is 36.4 Å². The molecule has 1 atom stereocenters. The van der Waals surface area contributed by atoms with Crippen LogP contribution in [-0.4, -0.2) is 71.0 Å². The molecule has 2 fully saturated rings. The Hall–Kier alpha value is -2.70. The van der Waals surface area contributed by atoms with Crippen LogP contribution in [0.15, 0.2) is 60.9 Å². The van der Waals surface area contributed by atoms with E-state index in [1.165, 1.54) is 5.56 Å². The maximum Gasteiger partial charge on any atom is 0.242 e. The lowest BCUT2D eigenvalue weighted by Crippen LogP contribution is -2.56.